The minimum absolute atomic E-state index is 0.0798. The largest absolute Gasteiger partial charge is 0.490 e. The molecule has 1 saturated carbocycles. The highest BCUT2D eigenvalue weighted by molar-refractivity contribution is 7.80. The van der Waals surface area contributed by atoms with Crippen LogP contribution in [0.4, 0.5) is 4.39 Å². The highest BCUT2D eigenvalue weighted by Gasteiger charge is 2.16. The number of carbonyl (C=O) groups excluding carboxylic acids is 2. The summed E-state index contributed by atoms with van der Waals surface area (Å²) in [6.45, 7) is 0. The molecule has 0 atom stereocenters. The van der Waals surface area contributed by atoms with E-state index in [9.17, 15) is 14.0 Å². The van der Waals surface area contributed by atoms with Crippen LogP contribution in [0.15, 0.2) is 48.5 Å². The highest BCUT2D eigenvalue weighted by atomic mass is 32.1. The number of benzene rings is 2. The zero-order valence-corrected chi connectivity index (χ0v) is 15.9. The van der Waals surface area contributed by atoms with Crippen molar-refractivity contribution in [3.8, 4) is 5.75 Å². The zero-order chi connectivity index (χ0) is 19.9. The molecular formula is C20H20FN3O3S. The van der Waals surface area contributed by atoms with Crippen molar-refractivity contribution in [1.82, 2.24) is 16.2 Å². The van der Waals surface area contributed by atoms with Crippen LogP contribution >= 0.6 is 12.2 Å². The van der Waals surface area contributed by atoms with Crippen LogP contribution in [0, 0.1) is 5.82 Å². The second-order valence-electron chi connectivity index (χ2n) is 6.42. The van der Waals surface area contributed by atoms with Crippen LogP contribution in [0.25, 0.3) is 0 Å². The van der Waals surface area contributed by atoms with E-state index in [2.05, 4.69) is 16.2 Å². The van der Waals surface area contributed by atoms with E-state index >= 15 is 0 Å². The van der Waals surface area contributed by atoms with Gasteiger partial charge in [-0.2, -0.15) is 0 Å². The number of thiocarbonyl (C=S) groups is 1. The summed E-state index contributed by atoms with van der Waals surface area (Å²) < 4.78 is 18.7. The summed E-state index contributed by atoms with van der Waals surface area (Å²) >= 11 is 4.97. The third-order valence-corrected chi connectivity index (χ3v) is 4.55. The number of hydrogen-bond donors (Lipinski definition) is 3. The Kier molecular flexibility index (Phi) is 6.54. The van der Waals surface area contributed by atoms with Crippen LogP contribution in [0.2, 0.25) is 0 Å². The Morgan fingerprint density at radius 3 is 2.11 bits per heavy atom. The number of hydrazine groups is 1. The molecule has 1 aliphatic carbocycles. The van der Waals surface area contributed by atoms with Gasteiger partial charge in [0.05, 0.1) is 6.10 Å². The van der Waals surface area contributed by atoms with Gasteiger partial charge in [-0.05, 0) is 86.4 Å². The van der Waals surface area contributed by atoms with Gasteiger partial charge in [0, 0.05) is 11.1 Å². The Balaban J connectivity index is 1.45. The molecule has 2 aromatic rings. The van der Waals surface area contributed by atoms with Crippen molar-refractivity contribution in [2.24, 2.45) is 0 Å². The average Bonchev–Trinajstić information content (AvgIpc) is 3.20. The Hall–Kier alpha value is -3.00. The molecule has 6 nitrogen and oxygen atoms in total. The summed E-state index contributed by atoms with van der Waals surface area (Å²) in [5.74, 6) is -0.631. The van der Waals surface area contributed by atoms with E-state index in [-0.39, 0.29) is 16.8 Å². The van der Waals surface area contributed by atoms with Gasteiger partial charge in [-0.1, -0.05) is 0 Å². The molecule has 0 saturated heterocycles. The summed E-state index contributed by atoms with van der Waals surface area (Å²) in [6, 6.07) is 11.8. The van der Waals surface area contributed by atoms with Crippen molar-refractivity contribution in [2.75, 3.05) is 0 Å². The summed E-state index contributed by atoms with van der Waals surface area (Å²) in [5, 5.41) is 2.32. The molecule has 0 radical (unpaired) electrons. The van der Waals surface area contributed by atoms with Crippen LogP contribution in [0.1, 0.15) is 46.4 Å². The van der Waals surface area contributed by atoms with E-state index in [1.165, 1.54) is 37.1 Å². The van der Waals surface area contributed by atoms with Crippen LogP contribution in [-0.4, -0.2) is 23.0 Å². The van der Waals surface area contributed by atoms with E-state index in [0.29, 0.717) is 5.56 Å². The summed E-state index contributed by atoms with van der Waals surface area (Å²) in [6.07, 6.45) is 4.76. The fourth-order valence-corrected chi connectivity index (χ4v) is 3.02. The Bertz CT molecular complexity index is 850. The fraction of sp³-hybridized carbons (Fsp3) is 0.250. The van der Waals surface area contributed by atoms with Crippen LogP contribution < -0.4 is 20.9 Å². The minimum atomic E-state index is -0.514. The van der Waals surface area contributed by atoms with Crippen molar-refractivity contribution < 1.29 is 18.7 Å². The molecule has 0 spiro atoms. The van der Waals surface area contributed by atoms with Gasteiger partial charge in [-0.15, -0.1) is 0 Å². The van der Waals surface area contributed by atoms with Gasteiger partial charge in [0.15, 0.2) is 5.11 Å². The van der Waals surface area contributed by atoms with Gasteiger partial charge in [-0.3, -0.25) is 25.8 Å². The molecule has 0 bridgehead atoms. The Morgan fingerprint density at radius 2 is 1.46 bits per heavy atom. The first kappa shape index (κ1) is 19.8. The zero-order valence-electron chi connectivity index (χ0n) is 15.0. The number of halogens is 1. The van der Waals surface area contributed by atoms with Gasteiger partial charge in [0.25, 0.3) is 11.8 Å². The second kappa shape index (κ2) is 9.27. The lowest BCUT2D eigenvalue weighted by Crippen LogP contribution is -2.48. The molecule has 0 heterocycles. The normalized spacial score (nSPS) is 13.6. The minimum Gasteiger partial charge on any atom is -0.490 e. The van der Waals surface area contributed by atoms with E-state index in [0.717, 1.165) is 18.6 Å². The molecule has 0 aromatic heterocycles. The second-order valence-corrected chi connectivity index (χ2v) is 6.83. The number of amides is 2. The predicted octanol–water partition coefficient (Wildman–Crippen LogP) is 3.10. The molecule has 3 rings (SSSR count). The van der Waals surface area contributed by atoms with Crippen molar-refractivity contribution in [3.05, 3.63) is 65.5 Å². The standard InChI is InChI=1S/C20H20FN3O3S/c21-15-9-5-13(6-10-15)18(25)22-20(28)24-23-19(26)14-7-11-17(12-8-14)27-16-3-1-2-4-16/h5-12,16H,1-4H2,(H,23,26)(H2,22,24,25,28). The van der Waals surface area contributed by atoms with Gasteiger partial charge in [0.1, 0.15) is 11.6 Å². The monoisotopic (exact) mass is 401 g/mol. The van der Waals surface area contributed by atoms with E-state index in [4.69, 9.17) is 17.0 Å². The van der Waals surface area contributed by atoms with Gasteiger partial charge >= 0.3 is 0 Å². The van der Waals surface area contributed by atoms with Crippen LogP contribution in [0.3, 0.4) is 0 Å². The summed E-state index contributed by atoms with van der Waals surface area (Å²) in [5.41, 5.74) is 5.53. The van der Waals surface area contributed by atoms with E-state index < -0.39 is 17.6 Å². The third kappa shape index (κ3) is 5.50. The molecule has 1 aliphatic rings. The van der Waals surface area contributed by atoms with Gasteiger partial charge in [0.2, 0.25) is 0 Å². The number of carbonyl (C=O) groups is 2. The van der Waals surface area contributed by atoms with Crippen LogP contribution in [0.5, 0.6) is 5.75 Å². The average molecular weight is 401 g/mol. The highest BCUT2D eigenvalue weighted by Crippen LogP contribution is 2.24. The SMILES string of the molecule is O=C(NNC(=S)NC(=O)c1ccc(F)cc1)c1ccc(OC2CCCC2)cc1. The van der Waals surface area contributed by atoms with Gasteiger partial charge in [-0.25, -0.2) is 4.39 Å². The molecular weight excluding hydrogens is 381 g/mol. The lowest BCUT2D eigenvalue weighted by molar-refractivity contribution is 0.0934. The van der Waals surface area contributed by atoms with Crippen LogP contribution in [-0.2, 0) is 0 Å². The molecule has 1 fully saturated rings. The number of rotatable bonds is 4. The van der Waals surface area contributed by atoms with E-state index in [1.54, 1.807) is 24.3 Å². The Morgan fingerprint density at radius 1 is 0.893 bits per heavy atom. The third-order valence-electron chi connectivity index (χ3n) is 4.34. The molecule has 3 N–H and O–H groups in total. The first-order valence-electron chi connectivity index (χ1n) is 8.95. The first-order chi connectivity index (χ1) is 13.5. The van der Waals surface area contributed by atoms with Crippen molar-refractivity contribution in [1.29, 1.82) is 0 Å². The quantitative estimate of drug-likeness (QED) is 0.542. The topological polar surface area (TPSA) is 79.5 Å². The molecule has 2 aromatic carbocycles. The molecule has 2 amide bonds. The number of hydrogen-bond acceptors (Lipinski definition) is 4. The number of nitrogens with one attached hydrogen (secondary N) is 3. The molecule has 28 heavy (non-hydrogen) atoms. The fourth-order valence-electron chi connectivity index (χ4n) is 2.88. The van der Waals surface area contributed by atoms with Gasteiger partial charge < -0.3 is 4.74 Å². The van der Waals surface area contributed by atoms with Crippen molar-refractivity contribution in [3.63, 3.8) is 0 Å². The lowest BCUT2D eigenvalue weighted by atomic mass is 10.2. The van der Waals surface area contributed by atoms with Crippen molar-refractivity contribution >= 4 is 29.1 Å². The number of ether oxygens (including phenoxy) is 1. The summed E-state index contributed by atoms with van der Waals surface area (Å²) in [4.78, 5) is 24.1. The molecule has 146 valence electrons. The maximum absolute atomic E-state index is 12.9. The Labute approximate surface area is 167 Å². The molecule has 8 heteroatoms. The van der Waals surface area contributed by atoms with Crippen molar-refractivity contribution in [2.45, 2.75) is 31.8 Å². The van der Waals surface area contributed by atoms with E-state index in [1.807, 2.05) is 0 Å². The lowest BCUT2D eigenvalue weighted by Gasteiger charge is -2.14. The maximum Gasteiger partial charge on any atom is 0.269 e. The smallest absolute Gasteiger partial charge is 0.269 e. The maximum atomic E-state index is 12.9. The first-order valence-corrected chi connectivity index (χ1v) is 9.36. The molecule has 0 unspecified atom stereocenters. The summed E-state index contributed by atoms with van der Waals surface area (Å²) in [7, 11) is 0. The predicted molar refractivity (Wildman–Crippen MR) is 106 cm³/mol. The molecule has 0 aliphatic heterocycles.